The lowest BCUT2D eigenvalue weighted by atomic mass is 10.2. The van der Waals surface area contributed by atoms with E-state index in [4.69, 9.17) is 10.5 Å². The molecule has 0 aliphatic carbocycles. The van der Waals surface area contributed by atoms with E-state index in [0.29, 0.717) is 17.1 Å². The molecule has 0 amide bonds. The summed E-state index contributed by atoms with van der Waals surface area (Å²) in [5.74, 6) is 0.600. The maximum Gasteiger partial charge on any atom is 0.264 e. The van der Waals surface area contributed by atoms with Crippen molar-refractivity contribution >= 4 is 21.4 Å². The Balaban J connectivity index is 2.44. The largest absolute Gasteiger partial charge is 0.497 e. The van der Waals surface area contributed by atoms with Crippen LogP contribution in [0.5, 0.6) is 5.75 Å². The number of hydrogen-bond donors (Lipinski definition) is 1. The van der Waals surface area contributed by atoms with Gasteiger partial charge in [-0.25, -0.2) is 8.42 Å². The Bertz CT molecular complexity index is 757. The molecule has 0 unspecified atom stereocenters. The van der Waals surface area contributed by atoms with Crippen LogP contribution in [-0.4, -0.2) is 22.6 Å². The average molecular weight is 306 g/mol. The molecule has 0 bridgehead atoms. The Morgan fingerprint density at radius 1 is 1.14 bits per heavy atom. The molecule has 6 heteroatoms. The summed E-state index contributed by atoms with van der Waals surface area (Å²) in [6, 6.07) is 11.6. The minimum Gasteiger partial charge on any atom is -0.497 e. The van der Waals surface area contributed by atoms with Crippen molar-refractivity contribution in [3.05, 3.63) is 48.0 Å². The van der Waals surface area contributed by atoms with Gasteiger partial charge in [-0.1, -0.05) is 6.07 Å². The van der Waals surface area contributed by atoms with Crippen molar-refractivity contribution in [2.45, 2.75) is 11.8 Å². The van der Waals surface area contributed by atoms with E-state index in [-0.39, 0.29) is 4.90 Å². The summed E-state index contributed by atoms with van der Waals surface area (Å²) in [6.07, 6.45) is 0. The minimum absolute atomic E-state index is 0.208. The van der Waals surface area contributed by atoms with Gasteiger partial charge < -0.3 is 10.5 Å². The molecule has 2 N–H and O–H groups in total. The fourth-order valence-electron chi connectivity index (χ4n) is 1.91. The molecule has 2 aromatic carbocycles. The fraction of sp³-hybridized carbons (Fsp3) is 0.200. The van der Waals surface area contributed by atoms with E-state index < -0.39 is 10.0 Å². The molecule has 0 fully saturated rings. The summed E-state index contributed by atoms with van der Waals surface area (Å²) >= 11 is 0. The van der Waals surface area contributed by atoms with Crippen LogP contribution in [0, 0.1) is 6.92 Å². The molecule has 0 saturated carbocycles. The lowest BCUT2D eigenvalue weighted by molar-refractivity contribution is 0.415. The molecule has 0 aliphatic heterocycles. The predicted octanol–water partition coefficient (Wildman–Crippen LogP) is 2.41. The van der Waals surface area contributed by atoms with E-state index in [1.807, 2.05) is 0 Å². The van der Waals surface area contributed by atoms with Gasteiger partial charge in [0.25, 0.3) is 10.0 Å². The van der Waals surface area contributed by atoms with Gasteiger partial charge in [0.2, 0.25) is 0 Å². The van der Waals surface area contributed by atoms with Crippen molar-refractivity contribution in [2.24, 2.45) is 0 Å². The zero-order valence-electron chi connectivity index (χ0n) is 12.2. The number of ether oxygens (including phenoxy) is 1. The van der Waals surface area contributed by atoms with Gasteiger partial charge in [0.05, 0.1) is 17.7 Å². The average Bonchev–Trinajstić information content (AvgIpc) is 2.49. The first kappa shape index (κ1) is 15.2. The van der Waals surface area contributed by atoms with E-state index in [1.165, 1.54) is 24.5 Å². The number of anilines is 2. The normalized spacial score (nSPS) is 11.2. The summed E-state index contributed by atoms with van der Waals surface area (Å²) in [5.41, 5.74) is 7.56. The van der Waals surface area contributed by atoms with Crippen molar-refractivity contribution in [1.82, 2.24) is 0 Å². The van der Waals surface area contributed by atoms with E-state index in [0.717, 1.165) is 5.56 Å². The number of methoxy groups -OCH3 is 1. The molecule has 5 nitrogen and oxygen atoms in total. The second-order valence-electron chi connectivity index (χ2n) is 4.69. The molecule has 21 heavy (non-hydrogen) atoms. The third-order valence-electron chi connectivity index (χ3n) is 3.32. The van der Waals surface area contributed by atoms with Gasteiger partial charge in [-0.3, -0.25) is 4.31 Å². The minimum atomic E-state index is -3.63. The monoisotopic (exact) mass is 306 g/mol. The first-order valence-electron chi connectivity index (χ1n) is 6.35. The number of hydrogen-bond acceptors (Lipinski definition) is 4. The molecule has 2 rings (SSSR count). The molecule has 0 aliphatic rings. The van der Waals surface area contributed by atoms with Crippen molar-refractivity contribution in [3.8, 4) is 5.75 Å². The van der Waals surface area contributed by atoms with Crippen LogP contribution in [0.15, 0.2) is 47.4 Å². The highest BCUT2D eigenvalue weighted by molar-refractivity contribution is 7.92. The quantitative estimate of drug-likeness (QED) is 0.880. The van der Waals surface area contributed by atoms with Crippen LogP contribution in [0.1, 0.15) is 5.56 Å². The predicted molar refractivity (Wildman–Crippen MR) is 84.2 cm³/mol. The zero-order valence-corrected chi connectivity index (χ0v) is 13.0. The number of nitrogens with two attached hydrogens (primary N) is 1. The number of benzene rings is 2. The molecular weight excluding hydrogens is 288 g/mol. The topological polar surface area (TPSA) is 72.6 Å². The Labute approximate surface area is 125 Å². The second kappa shape index (κ2) is 5.65. The van der Waals surface area contributed by atoms with Gasteiger partial charge in [-0.05, 0) is 42.8 Å². The molecule has 0 spiro atoms. The molecule has 0 saturated heterocycles. The summed E-state index contributed by atoms with van der Waals surface area (Å²) in [4.78, 5) is 0.208. The Kier molecular flexibility index (Phi) is 4.09. The summed E-state index contributed by atoms with van der Waals surface area (Å²) in [7, 11) is -0.586. The Morgan fingerprint density at radius 2 is 1.86 bits per heavy atom. The van der Waals surface area contributed by atoms with E-state index in [2.05, 4.69) is 0 Å². The SMILES string of the molecule is COc1cccc(N(C)S(=O)(=O)c2ccc(N)c(C)c2)c1. The lowest BCUT2D eigenvalue weighted by Crippen LogP contribution is -2.26. The summed E-state index contributed by atoms with van der Waals surface area (Å²) in [5, 5.41) is 0. The first-order valence-corrected chi connectivity index (χ1v) is 7.79. The van der Waals surface area contributed by atoms with Gasteiger partial charge >= 0.3 is 0 Å². The van der Waals surface area contributed by atoms with Crippen LogP contribution in [-0.2, 0) is 10.0 Å². The lowest BCUT2D eigenvalue weighted by Gasteiger charge is -2.20. The Morgan fingerprint density at radius 3 is 2.48 bits per heavy atom. The third-order valence-corrected chi connectivity index (χ3v) is 5.10. The van der Waals surface area contributed by atoms with Gasteiger partial charge in [-0.15, -0.1) is 0 Å². The maximum absolute atomic E-state index is 12.6. The van der Waals surface area contributed by atoms with Crippen molar-refractivity contribution in [2.75, 3.05) is 24.2 Å². The summed E-state index contributed by atoms with van der Waals surface area (Å²) < 4.78 is 31.6. The van der Waals surface area contributed by atoms with E-state index >= 15 is 0 Å². The zero-order chi connectivity index (χ0) is 15.6. The van der Waals surface area contributed by atoms with Crippen LogP contribution >= 0.6 is 0 Å². The molecule has 0 radical (unpaired) electrons. The van der Waals surface area contributed by atoms with Crippen molar-refractivity contribution < 1.29 is 13.2 Å². The molecule has 112 valence electrons. The molecule has 0 heterocycles. The van der Waals surface area contributed by atoms with Crippen molar-refractivity contribution in [3.63, 3.8) is 0 Å². The fourth-order valence-corrected chi connectivity index (χ4v) is 3.18. The van der Waals surface area contributed by atoms with Crippen LogP contribution in [0.2, 0.25) is 0 Å². The number of rotatable bonds is 4. The number of aryl methyl sites for hydroxylation is 1. The maximum atomic E-state index is 12.6. The standard InChI is InChI=1S/C15H18N2O3S/c1-11-9-14(7-8-15(11)16)21(18,19)17(2)12-5-4-6-13(10-12)20-3/h4-10H,16H2,1-3H3. The number of nitrogen functional groups attached to an aromatic ring is 1. The van der Waals surface area contributed by atoms with Crippen molar-refractivity contribution in [1.29, 1.82) is 0 Å². The highest BCUT2D eigenvalue weighted by atomic mass is 32.2. The molecule has 0 atom stereocenters. The van der Waals surface area contributed by atoms with Crippen LogP contribution < -0.4 is 14.8 Å². The van der Waals surface area contributed by atoms with E-state index in [9.17, 15) is 8.42 Å². The van der Waals surface area contributed by atoms with Crippen LogP contribution in [0.3, 0.4) is 0 Å². The van der Waals surface area contributed by atoms with E-state index in [1.54, 1.807) is 43.3 Å². The second-order valence-corrected chi connectivity index (χ2v) is 6.66. The number of nitrogens with zero attached hydrogens (tertiary/aromatic N) is 1. The summed E-state index contributed by atoms with van der Waals surface area (Å²) in [6.45, 7) is 1.78. The number of sulfonamides is 1. The van der Waals surface area contributed by atoms with Gasteiger partial charge in [-0.2, -0.15) is 0 Å². The smallest absolute Gasteiger partial charge is 0.264 e. The first-order chi connectivity index (χ1) is 9.86. The van der Waals surface area contributed by atoms with Gasteiger partial charge in [0.1, 0.15) is 5.75 Å². The molecular formula is C15H18N2O3S. The van der Waals surface area contributed by atoms with Gasteiger partial charge in [0, 0.05) is 18.8 Å². The van der Waals surface area contributed by atoms with Crippen LogP contribution in [0.4, 0.5) is 11.4 Å². The Hall–Kier alpha value is -2.21. The highest BCUT2D eigenvalue weighted by Crippen LogP contribution is 2.26. The molecule has 0 aromatic heterocycles. The third kappa shape index (κ3) is 2.95. The van der Waals surface area contributed by atoms with Gasteiger partial charge in [0.15, 0.2) is 0 Å². The van der Waals surface area contributed by atoms with Crippen LogP contribution in [0.25, 0.3) is 0 Å². The molecule has 2 aromatic rings. The highest BCUT2D eigenvalue weighted by Gasteiger charge is 2.22.